The quantitative estimate of drug-likeness (QED) is 0.641. The Morgan fingerprint density at radius 3 is 2.41 bits per heavy atom. The predicted molar refractivity (Wildman–Crippen MR) is 66.6 cm³/mol. The maximum absolute atomic E-state index is 11.6. The van der Waals surface area contributed by atoms with Crippen molar-refractivity contribution in [3.63, 3.8) is 0 Å². The van der Waals surface area contributed by atoms with Crippen molar-refractivity contribution in [1.29, 1.82) is 0 Å². The number of nitrogens with one attached hydrogen (secondary N) is 1. The molecule has 0 aromatic carbocycles. The van der Waals surface area contributed by atoms with Crippen molar-refractivity contribution in [2.45, 2.75) is 39.2 Å². The molecule has 0 aromatic rings. The highest BCUT2D eigenvalue weighted by molar-refractivity contribution is 5.77. The van der Waals surface area contributed by atoms with Gasteiger partial charge in [0.05, 0.1) is 6.61 Å². The van der Waals surface area contributed by atoms with Crippen molar-refractivity contribution in [3.8, 4) is 0 Å². The molecule has 0 aliphatic heterocycles. The van der Waals surface area contributed by atoms with Crippen LogP contribution in [0.1, 0.15) is 33.1 Å². The molecule has 0 aromatic heterocycles. The molecule has 0 saturated heterocycles. The first kappa shape index (κ1) is 15.9. The fourth-order valence-corrected chi connectivity index (χ4v) is 1.41. The molecule has 1 atom stereocenters. The van der Waals surface area contributed by atoms with Crippen LogP contribution in [0.3, 0.4) is 0 Å². The molecule has 0 aliphatic carbocycles. The molecular formula is C12H24N2O3. The van der Waals surface area contributed by atoms with Gasteiger partial charge in [0, 0.05) is 27.1 Å². The van der Waals surface area contributed by atoms with Crippen molar-refractivity contribution in [2.75, 3.05) is 27.2 Å². The maximum atomic E-state index is 11.6. The SMILES string of the molecule is CCCC(NCCC(=O)N(C)C)C(=O)OCC. The summed E-state index contributed by atoms with van der Waals surface area (Å²) in [4.78, 5) is 24.5. The van der Waals surface area contributed by atoms with Crippen LogP contribution >= 0.6 is 0 Å². The van der Waals surface area contributed by atoms with E-state index in [1.165, 1.54) is 0 Å². The third-order valence-corrected chi connectivity index (χ3v) is 2.38. The fraction of sp³-hybridized carbons (Fsp3) is 0.833. The number of nitrogens with zero attached hydrogens (tertiary/aromatic N) is 1. The molecule has 1 N–H and O–H groups in total. The Balaban J connectivity index is 4.00. The number of carbonyl (C=O) groups is 2. The zero-order valence-electron chi connectivity index (χ0n) is 11.3. The van der Waals surface area contributed by atoms with Gasteiger partial charge in [0.1, 0.15) is 6.04 Å². The Morgan fingerprint density at radius 2 is 1.94 bits per heavy atom. The molecule has 5 heteroatoms. The van der Waals surface area contributed by atoms with Gasteiger partial charge < -0.3 is 15.0 Å². The van der Waals surface area contributed by atoms with Crippen LogP contribution in [0.4, 0.5) is 0 Å². The molecular weight excluding hydrogens is 220 g/mol. The zero-order chi connectivity index (χ0) is 13.3. The first-order chi connectivity index (χ1) is 8.02. The van der Waals surface area contributed by atoms with E-state index >= 15 is 0 Å². The summed E-state index contributed by atoms with van der Waals surface area (Å²) in [5.74, 6) is -0.178. The smallest absolute Gasteiger partial charge is 0.323 e. The number of rotatable bonds is 8. The number of hydrogen-bond donors (Lipinski definition) is 1. The second-order valence-corrected chi connectivity index (χ2v) is 4.09. The van der Waals surface area contributed by atoms with Crippen molar-refractivity contribution in [3.05, 3.63) is 0 Å². The van der Waals surface area contributed by atoms with Crippen LogP contribution in [-0.2, 0) is 14.3 Å². The number of esters is 1. The van der Waals surface area contributed by atoms with Crippen molar-refractivity contribution in [1.82, 2.24) is 10.2 Å². The van der Waals surface area contributed by atoms with Gasteiger partial charge in [-0.2, -0.15) is 0 Å². The highest BCUT2D eigenvalue weighted by atomic mass is 16.5. The van der Waals surface area contributed by atoms with Crippen LogP contribution in [-0.4, -0.2) is 50.1 Å². The van der Waals surface area contributed by atoms with E-state index in [1.54, 1.807) is 25.9 Å². The topological polar surface area (TPSA) is 58.6 Å². The summed E-state index contributed by atoms with van der Waals surface area (Å²) < 4.78 is 4.96. The Labute approximate surface area is 103 Å². The summed E-state index contributed by atoms with van der Waals surface area (Å²) in [6.45, 7) is 4.69. The van der Waals surface area contributed by atoms with Crippen LogP contribution in [0.15, 0.2) is 0 Å². The zero-order valence-corrected chi connectivity index (χ0v) is 11.3. The molecule has 0 aliphatic rings. The molecule has 1 unspecified atom stereocenters. The third-order valence-electron chi connectivity index (χ3n) is 2.38. The molecule has 0 fully saturated rings. The predicted octanol–water partition coefficient (Wildman–Crippen LogP) is 0.786. The van der Waals surface area contributed by atoms with E-state index in [9.17, 15) is 9.59 Å². The number of amides is 1. The molecule has 0 spiro atoms. The van der Waals surface area contributed by atoms with E-state index in [2.05, 4.69) is 5.32 Å². The van der Waals surface area contributed by atoms with Gasteiger partial charge in [0.2, 0.25) is 5.91 Å². The highest BCUT2D eigenvalue weighted by Crippen LogP contribution is 2.00. The molecule has 17 heavy (non-hydrogen) atoms. The first-order valence-electron chi connectivity index (χ1n) is 6.13. The lowest BCUT2D eigenvalue weighted by Crippen LogP contribution is -2.39. The van der Waals surface area contributed by atoms with Gasteiger partial charge in [-0.25, -0.2) is 0 Å². The Morgan fingerprint density at radius 1 is 1.29 bits per heavy atom. The summed E-state index contributed by atoms with van der Waals surface area (Å²) in [6.07, 6.45) is 2.03. The minimum atomic E-state index is -0.296. The van der Waals surface area contributed by atoms with Gasteiger partial charge in [-0.3, -0.25) is 9.59 Å². The lowest BCUT2D eigenvalue weighted by atomic mass is 10.1. The van der Waals surface area contributed by atoms with Gasteiger partial charge >= 0.3 is 5.97 Å². The van der Waals surface area contributed by atoms with Crippen molar-refractivity contribution < 1.29 is 14.3 Å². The average molecular weight is 244 g/mol. The summed E-state index contributed by atoms with van der Waals surface area (Å²) >= 11 is 0. The van der Waals surface area contributed by atoms with Gasteiger partial charge in [-0.1, -0.05) is 13.3 Å². The average Bonchev–Trinajstić information content (AvgIpc) is 2.27. The molecule has 0 radical (unpaired) electrons. The first-order valence-corrected chi connectivity index (χ1v) is 6.13. The van der Waals surface area contributed by atoms with Crippen LogP contribution in [0.2, 0.25) is 0 Å². The maximum Gasteiger partial charge on any atom is 0.323 e. The standard InChI is InChI=1S/C12H24N2O3/c1-5-7-10(12(16)17-6-2)13-9-8-11(15)14(3)4/h10,13H,5-9H2,1-4H3. The van der Waals surface area contributed by atoms with E-state index in [0.29, 0.717) is 19.6 Å². The van der Waals surface area contributed by atoms with Crippen molar-refractivity contribution in [2.24, 2.45) is 0 Å². The van der Waals surface area contributed by atoms with Crippen LogP contribution < -0.4 is 5.32 Å². The molecule has 5 nitrogen and oxygen atoms in total. The van der Waals surface area contributed by atoms with Crippen LogP contribution in [0.5, 0.6) is 0 Å². The molecule has 0 rings (SSSR count). The summed E-state index contributed by atoms with van der Waals surface area (Å²) in [6, 6.07) is -0.296. The minimum absolute atomic E-state index is 0.0524. The number of carbonyl (C=O) groups excluding carboxylic acids is 2. The second-order valence-electron chi connectivity index (χ2n) is 4.09. The van der Waals surface area contributed by atoms with Gasteiger partial charge in [0.15, 0.2) is 0 Å². The monoisotopic (exact) mass is 244 g/mol. The summed E-state index contributed by atoms with van der Waals surface area (Å²) in [5, 5.41) is 3.07. The summed E-state index contributed by atoms with van der Waals surface area (Å²) in [7, 11) is 3.44. The van der Waals surface area contributed by atoms with Gasteiger partial charge in [0.25, 0.3) is 0 Å². The van der Waals surface area contributed by atoms with E-state index in [-0.39, 0.29) is 17.9 Å². The van der Waals surface area contributed by atoms with E-state index in [4.69, 9.17) is 4.74 Å². The minimum Gasteiger partial charge on any atom is -0.465 e. The van der Waals surface area contributed by atoms with Crippen LogP contribution in [0.25, 0.3) is 0 Å². The van der Waals surface area contributed by atoms with E-state index < -0.39 is 0 Å². The van der Waals surface area contributed by atoms with E-state index in [1.807, 2.05) is 6.92 Å². The van der Waals surface area contributed by atoms with Gasteiger partial charge in [-0.15, -0.1) is 0 Å². The Hall–Kier alpha value is -1.10. The molecule has 100 valence electrons. The normalized spacial score (nSPS) is 12.0. The third kappa shape index (κ3) is 6.94. The Kier molecular flexibility index (Phi) is 8.40. The summed E-state index contributed by atoms with van der Waals surface area (Å²) in [5.41, 5.74) is 0. The molecule has 0 bridgehead atoms. The fourth-order valence-electron chi connectivity index (χ4n) is 1.41. The number of hydrogen-bond acceptors (Lipinski definition) is 4. The largest absolute Gasteiger partial charge is 0.465 e. The number of ether oxygens (including phenoxy) is 1. The second kappa shape index (κ2) is 8.98. The highest BCUT2D eigenvalue weighted by Gasteiger charge is 2.18. The van der Waals surface area contributed by atoms with Gasteiger partial charge in [-0.05, 0) is 13.3 Å². The van der Waals surface area contributed by atoms with E-state index in [0.717, 1.165) is 12.8 Å². The van der Waals surface area contributed by atoms with Crippen molar-refractivity contribution >= 4 is 11.9 Å². The molecule has 0 saturated carbocycles. The van der Waals surface area contributed by atoms with Crippen LogP contribution in [0, 0.1) is 0 Å². The Bertz CT molecular complexity index is 242. The molecule has 0 heterocycles. The molecule has 1 amide bonds. The lowest BCUT2D eigenvalue weighted by Gasteiger charge is -2.17. The lowest BCUT2D eigenvalue weighted by molar-refractivity contribution is -0.146.